The maximum absolute atomic E-state index is 5.13. The summed E-state index contributed by atoms with van der Waals surface area (Å²) in [6, 6.07) is 0.195. The van der Waals surface area contributed by atoms with Gasteiger partial charge in [0.15, 0.2) is 11.6 Å². The number of aromatic nitrogens is 4. The van der Waals surface area contributed by atoms with Gasteiger partial charge in [0.1, 0.15) is 0 Å². The third-order valence-electron chi connectivity index (χ3n) is 3.36. The summed E-state index contributed by atoms with van der Waals surface area (Å²) in [6.07, 6.45) is 2.93. The summed E-state index contributed by atoms with van der Waals surface area (Å²) in [4.78, 5) is 10.9. The standard InChI is InChI=1S/C12H17N5O2/c1-3-11-14-10(15-19-11)7-17-6-4-5-9(17)12-13-8(2)18-16-12/h9H,3-7H2,1-2H3/t9-/m1/s1. The molecule has 102 valence electrons. The van der Waals surface area contributed by atoms with Crippen molar-refractivity contribution in [1.82, 2.24) is 25.2 Å². The van der Waals surface area contributed by atoms with Gasteiger partial charge >= 0.3 is 0 Å². The molecule has 1 fully saturated rings. The second-order valence-corrected chi connectivity index (χ2v) is 4.76. The Bertz CT molecular complexity index is 550. The van der Waals surface area contributed by atoms with Gasteiger partial charge in [-0.15, -0.1) is 0 Å². The lowest BCUT2D eigenvalue weighted by atomic mass is 10.2. The molecule has 7 heteroatoms. The zero-order valence-electron chi connectivity index (χ0n) is 11.2. The zero-order valence-corrected chi connectivity index (χ0v) is 11.2. The molecular formula is C12H17N5O2. The van der Waals surface area contributed by atoms with Crippen LogP contribution in [0, 0.1) is 6.92 Å². The molecule has 0 bridgehead atoms. The first-order valence-corrected chi connectivity index (χ1v) is 6.62. The molecule has 0 N–H and O–H groups in total. The summed E-state index contributed by atoms with van der Waals surface area (Å²) < 4.78 is 10.2. The van der Waals surface area contributed by atoms with Gasteiger partial charge in [0, 0.05) is 13.3 Å². The van der Waals surface area contributed by atoms with Crippen LogP contribution in [0.5, 0.6) is 0 Å². The van der Waals surface area contributed by atoms with Gasteiger partial charge in [0.25, 0.3) is 0 Å². The Morgan fingerprint density at radius 3 is 2.84 bits per heavy atom. The average molecular weight is 263 g/mol. The van der Waals surface area contributed by atoms with E-state index in [9.17, 15) is 0 Å². The van der Waals surface area contributed by atoms with Crippen molar-refractivity contribution < 1.29 is 9.05 Å². The van der Waals surface area contributed by atoms with Crippen molar-refractivity contribution in [1.29, 1.82) is 0 Å². The Balaban J connectivity index is 1.72. The smallest absolute Gasteiger partial charge is 0.226 e. The van der Waals surface area contributed by atoms with Gasteiger partial charge in [-0.3, -0.25) is 4.90 Å². The molecule has 0 spiro atoms. The van der Waals surface area contributed by atoms with E-state index < -0.39 is 0 Å². The summed E-state index contributed by atoms with van der Waals surface area (Å²) in [5, 5.41) is 8.01. The number of nitrogens with zero attached hydrogens (tertiary/aromatic N) is 5. The van der Waals surface area contributed by atoms with Gasteiger partial charge in [-0.05, 0) is 19.4 Å². The molecule has 0 aromatic carbocycles. The Hall–Kier alpha value is -1.76. The van der Waals surface area contributed by atoms with Crippen molar-refractivity contribution >= 4 is 0 Å². The normalized spacial score (nSPS) is 20.2. The SMILES string of the molecule is CCc1nc(CN2CCC[C@@H]2c2noc(C)n2)no1. The van der Waals surface area contributed by atoms with Gasteiger partial charge in [-0.1, -0.05) is 17.2 Å². The molecule has 1 aliphatic heterocycles. The van der Waals surface area contributed by atoms with Crippen LogP contribution in [0.15, 0.2) is 9.05 Å². The van der Waals surface area contributed by atoms with Crippen molar-refractivity contribution in [2.75, 3.05) is 6.54 Å². The number of aryl methyl sites for hydroxylation is 2. The van der Waals surface area contributed by atoms with Gasteiger partial charge in [-0.25, -0.2) is 0 Å². The van der Waals surface area contributed by atoms with Crippen LogP contribution in [0.3, 0.4) is 0 Å². The summed E-state index contributed by atoms with van der Waals surface area (Å²) in [5.41, 5.74) is 0. The molecule has 3 rings (SSSR count). The fourth-order valence-electron chi connectivity index (χ4n) is 2.44. The molecule has 1 atom stereocenters. The van der Waals surface area contributed by atoms with E-state index in [1.807, 2.05) is 13.8 Å². The lowest BCUT2D eigenvalue weighted by Gasteiger charge is -2.19. The maximum atomic E-state index is 5.13. The van der Waals surface area contributed by atoms with E-state index in [1.54, 1.807) is 0 Å². The van der Waals surface area contributed by atoms with Crippen LogP contribution >= 0.6 is 0 Å². The molecule has 0 saturated carbocycles. The summed E-state index contributed by atoms with van der Waals surface area (Å²) in [6.45, 7) is 5.47. The highest BCUT2D eigenvalue weighted by Crippen LogP contribution is 2.30. The summed E-state index contributed by atoms with van der Waals surface area (Å²) in [7, 11) is 0. The van der Waals surface area contributed by atoms with Crippen molar-refractivity contribution in [3.05, 3.63) is 23.4 Å². The van der Waals surface area contributed by atoms with Gasteiger partial charge in [-0.2, -0.15) is 9.97 Å². The largest absolute Gasteiger partial charge is 0.340 e. The number of rotatable bonds is 4. The van der Waals surface area contributed by atoms with Crippen molar-refractivity contribution in [2.24, 2.45) is 0 Å². The van der Waals surface area contributed by atoms with Crippen LogP contribution in [-0.4, -0.2) is 31.7 Å². The quantitative estimate of drug-likeness (QED) is 0.829. The fraction of sp³-hybridized carbons (Fsp3) is 0.667. The maximum Gasteiger partial charge on any atom is 0.226 e. The van der Waals surface area contributed by atoms with Gasteiger partial charge in [0.2, 0.25) is 11.8 Å². The Morgan fingerprint density at radius 2 is 2.16 bits per heavy atom. The molecule has 0 amide bonds. The molecule has 3 heterocycles. The predicted molar refractivity (Wildman–Crippen MR) is 65.1 cm³/mol. The number of hydrogen-bond acceptors (Lipinski definition) is 7. The van der Waals surface area contributed by atoms with Crippen LogP contribution in [-0.2, 0) is 13.0 Å². The van der Waals surface area contributed by atoms with Gasteiger partial charge in [0.05, 0.1) is 12.6 Å². The zero-order chi connectivity index (χ0) is 13.2. The lowest BCUT2D eigenvalue weighted by Crippen LogP contribution is -2.24. The van der Waals surface area contributed by atoms with E-state index >= 15 is 0 Å². The van der Waals surface area contributed by atoms with Crippen LogP contribution in [0.4, 0.5) is 0 Å². The van der Waals surface area contributed by atoms with E-state index in [0.717, 1.165) is 37.5 Å². The Labute approximate surface area is 111 Å². The average Bonchev–Trinajstić information content (AvgIpc) is 3.10. The van der Waals surface area contributed by atoms with E-state index in [2.05, 4.69) is 25.2 Å². The third-order valence-corrected chi connectivity index (χ3v) is 3.36. The van der Waals surface area contributed by atoms with Crippen LogP contribution in [0.2, 0.25) is 0 Å². The topological polar surface area (TPSA) is 81.1 Å². The van der Waals surface area contributed by atoms with Crippen LogP contribution in [0.1, 0.15) is 49.2 Å². The second kappa shape index (κ2) is 5.08. The summed E-state index contributed by atoms with van der Waals surface area (Å²) in [5.74, 6) is 2.77. The van der Waals surface area contributed by atoms with Crippen LogP contribution in [0.25, 0.3) is 0 Å². The monoisotopic (exact) mass is 263 g/mol. The second-order valence-electron chi connectivity index (χ2n) is 4.76. The van der Waals surface area contributed by atoms with Crippen molar-refractivity contribution in [2.45, 2.75) is 45.7 Å². The highest BCUT2D eigenvalue weighted by molar-refractivity contribution is 4.99. The van der Waals surface area contributed by atoms with E-state index in [-0.39, 0.29) is 6.04 Å². The molecule has 2 aromatic rings. The first-order valence-electron chi connectivity index (χ1n) is 6.62. The molecular weight excluding hydrogens is 246 g/mol. The summed E-state index contributed by atoms with van der Waals surface area (Å²) >= 11 is 0. The molecule has 19 heavy (non-hydrogen) atoms. The number of hydrogen-bond donors (Lipinski definition) is 0. The molecule has 1 saturated heterocycles. The van der Waals surface area contributed by atoms with Crippen LogP contribution < -0.4 is 0 Å². The Morgan fingerprint density at radius 1 is 1.26 bits per heavy atom. The molecule has 7 nitrogen and oxygen atoms in total. The minimum Gasteiger partial charge on any atom is -0.340 e. The highest BCUT2D eigenvalue weighted by atomic mass is 16.5. The van der Waals surface area contributed by atoms with E-state index in [0.29, 0.717) is 18.3 Å². The lowest BCUT2D eigenvalue weighted by molar-refractivity contribution is 0.225. The van der Waals surface area contributed by atoms with Crippen molar-refractivity contribution in [3.63, 3.8) is 0 Å². The molecule has 2 aromatic heterocycles. The molecule has 0 aliphatic carbocycles. The number of likely N-dealkylation sites (tertiary alicyclic amines) is 1. The predicted octanol–water partition coefficient (Wildman–Crippen LogP) is 1.66. The first kappa shape index (κ1) is 12.3. The first-order chi connectivity index (χ1) is 9.26. The molecule has 0 radical (unpaired) electrons. The minimum absolute atomic E-state index is 0.195. The van der Waals surface area contributed by atoms with E-state index in [1.165, 1.54) is 0 Å². The highest BCUT2D eigenvalue weighted by Gasteiger charge is 2.30. The molecule has 0 unspecified atom stereocenters. The third kappa shape index (κ3) is 2.51. The van der Waals surface area contributed by atoms with E-state index in [4.69, 9.17) is 9.05 Å². The molecule has 1 aliphatic rings. The van der Waals surface area contributed by atoms with Gasteiger partial charge < -0.3 is 9.05 Å². The fourth-order valence-corrected chi connectivity index (χ4v) is 2.44. The van der Waals surface area contributed by atoms with Crippen molar-refractivity contribution in [3.8, 4) is 0 Å². The minimum atomic E-state index is 0.195. The Kier molecular flexibility index (Phi) is 3.29.